The van der Waals surface area contributed by atoms with Crippen molar-refractivity contribution in [3.63, 3.8) is 0 Å². The molecule has 0 N–H and O–H groups in total. The lowest BCUT2D eigenvalue weighted by atomic mass is 10.3. The summed E-state index contributed by atoms with van der Waals surface area (Å²) in [6, 6.07) is 10.5. The molecule has 0 saturated carbocycles. The molecule has 1 aromatic carbocycles. The van der Waals surface area contributed by atoms with Crippen LogP contribution in [0.2, 0.25) is 0 Å². The summed E-state index contributed by atoms with van der Waals surface area (Å²) in [6.45, 7) is 3.14. The van der Waals surface area contributed by atoms with Gasteiger partial charge in [0.05, 0.1) is 0 Å². The Morgan fingerprint density at radius 2 is 2.07 bits per heavy atom. The number of para-hydroxylation sites is 1. The lowest BCUT2D eigenvalue weighted by Crippen LogP contribution is -2.04. The highest BCUT2D eigenvalue weighted by atomic mass is 31.0. The van der Waals surface area contributed by atoms with E-state index in [-0.39, 0.29) is 0 Å². The van der Waals surface area contributed by atoms with Crippen molar-refractivity contribution >= 4 is 20.1 Å². The van der Waals surface area contributed by atoms with E-state index in [1.165, 1.54) is 25.0 Å². The van der Waals surface area contributed by atoms with Crippen LogP contribution >= 0.6 is 8.19 Å². The third-order valence-electron chi connectivity index (χ3n) is 2.76. The molecule has 0 unspecified atom stereocenters. The Labute approximate surface area is 90.6 Å². The third kappa shape index (κ3) is 1.42. The summed E-state index contributed by atoms with van der Waals surface area (Å²) in [6.07, 6.45) is 2.22. The maximum atomic E-state index is 2.36. The second kappa shape index (κ2) is 3.32. The molecular weight excluding hydrogens is 203 g/mol. The lowest BCUT2D eigenvalue weighted by molar-refractivity contribution is -0.463. The first-order valence-corrected chi connectivity index (χ1v) is 5.99. The van der Waals surface area contributed by atoms with Gasteiger partial charge in [-0.3, -0.25) is 4.57 Å². The van der Waals surface area contributed by atoms with Gasteiger partial charge in [-0.05, 0) is 12.7 Å². The van der Waals surface area contributed by atoms with Crippen molar-refractivity contribution in [1.82, 2.24) is 4.57 Å². The summed E-state index contributed by atoms with van der Waals surface area (Å²) in [5, 5.41) is 0. The molecule has 3 rings (SSSR count). The summed E-state index contributed by atoms with van der Waals surface area (Å²) >= 11 is 0. The van der Waals surface area contributed by atoms with Gasteiger partial charge in [-0.25, -0.2) is 0 Å². The number of aromatic nitrogens is 1. The van der Waals surface area contributed by atoms with Gasteiger partial charge in [0.25, 0.3) is 0 Å². The quantitative estimate of drug-likeness (QED) is 0.646. The van der Waals surface area contributed by atoms with E-state index in [0.717, 1.165) is 6.67 Å². The molecule has 2 heterocycles. The van der Waals surface area contributed by atoms with Gasteiger partial charge in [0, 0.05) is 17.6 Å². The number of hydrogen-bond donors (Lipinski definition) is 0. The van der Waals surface area contributed by atoms with Crippen molar-refractivity contribution in [1.29, 1.82) is 0 Å². The van der Waals surface area contributed by atoms with Gasteiger partial charge in [0.1, 0.15) is 5.69 Å². The molecule has 15 heavy (non-hydrogen) atoms. The molecule has 1 aromatic heterocycles. The Morgan fingerprint density at radius 1 is 1.27 bits per heavy atom. The fourth-order valence-electron chi connectivity index (χ4n) is 1.90. The molecule has 1 aliphatic heterocycles. The van der Waals surface area contributed by atoms with Crippen LogP contribution in [0.4, 0.5) is 5.69 Å². The van der Waals surface area contributed by atoms with Crippen LogP contribution in [0.3, 0.4) is 0 Å². The maximum Gasteiger partial charge on any atom is 0.228 e. The first-order chi connectivity index (χ1) is 7.34. The zero-order valence-corrected chi connectivity index (χ0v) is 9.48. The molecule has 0 radical (unpaired) electrons. The number of benzene rings is 1. The molecule has 2 nitrogen and oxygen atoms in total. The number of fused-ring (bicyclic) bond motifs is 1. The van der Waals surface area contributed by atoms with E-state index in [9.17, 15) is 0 Å². The fraction of sp³-hybridized carbons (Fsp3) is 0.167. The van der Waals surface area contributed by atoms with Crippen LogP contribution in [-0.2, 0) is 6.67 Å². The summed E-state index contributed by atoms with van der Waals surface area (Å²) in [4.78, 5) is 0. The van der Waals surface area contributed by atoms with Crippen LogP contribution < -0.4 is 0 Å². The molecule has 0 atom stereocenters. The Morgan fingerprint density at radius 3 is 2.80 bits per heavy atom. The SMILES string of the molecule is Cc1pcc2n1C[N+](c1ccccc1)=C2. The standard InChI is InChI=1S/C12H12N2P/c1-10-14-9-13(7-12(14)8-15-10)11-5-3-2-4-6-11/h2-8H,9H2,1H3/q+1. The molecule has 0 spiro atoms. The van der Waals surface area contributed by atoms with E-state index < -0.39 is 0 Å². The van der Waals surface area contributed by atoms with Crippen molar-refractivity contribution in [3.05, 3.63) is 47.2 Å². The van der Waals surface area contributed by atoms with Gasteiger partial charge in [0.2, 0.25) is 12.4 Å². The highest BCUT2D eigenvalue weighted by Gasteiger charge is 2.21. The van der Waals surface area contributed by atoms with E-state index >= 15 is 0 Å². The van der Waals surface area contributed by atoms with E-state index in [0.29, 0.717) is 0 Å². The molecule has 3 heteroatoms. The normalized spacial score (nSPS) is 14.3. The highest BCUT2D eigenvalue weighted by Crippen LogP contribution is 2.24. The first-order valence-electron chi connectivity index (χ1n) is 5.03. The van der Waals surface area contributed by atoms with E-state index in [1.54, 1.807) is 0 Å². The molecule has 0 bridgehead atoms. The lowest BCUT2D eigenvalue weighted by Gasteiger charge is -1.99. The minimum absolute atomic E-state index is 0.953. The summed E-state index contributed by atoms with van der Waals surface area (Å²) in [5.74, 6) is 2.26. The highest BCUT2D eigenvalue weighted by molar-refractivity contribution is 7.30. The first kappa shape index (κ1) is 8.87. The van der Waals surface area contributed by atoms with Crippen molar-refractivity contribution in [3.8, 4) is 0 Å². The second-order valence-electron chi connectivity index (χ2n) is 3.73. The zero-order valence-electron chi connectivity index (χ0n) is 8.59. The number of nitrogens with zero attached hydrogens (tertiary/aromatic N) is 2. The molecule has 1 aliphatic rings. The Hall–Kier alpha value is -1.40. The van der Waals surface area contributed by atoms with Crippen LogP contribution in [0, 0.1) is 6.92 Å². The molecule has 2 aromatic rings. The van der Waals surface area contributed by atoms with Crippen LogP contribution in [0.1, 0.15) is 11.1 Å². The second-order valence-corrected chi connectivity index (χ2v) is 4.90. The summed E-state index contributed by atoms with van der Waals surface area (Å²) in [7, 11) is 1.34. The zero-order chi connectivity index (χ0) is 10.3. The van der Waals surface area contributed by atoms with Gasteiger partial charge in [0.15, 0.2) is 6.21 Å². The monoisotopic (exact) mass is 215 g/mol. The van der Waals surface area contributed by atoms with Crippen LogP contribution in [0.15, 0.2) is 36.1 Å². The average Bonchev–Trinajstić information content (AvgIpc) is 2.83. The molecular formula is C12H12N2P+. The Kier molecular flexibility index (Phi) is 1.96. The fourth-order valence-corrected chi connectivity index (χ4v) is 2.74. The summed E-state index contributed by atoms with van der Waals surface area (Å²) in [5.41, 5.74) is 4.01. The predicted molar refractivity (Wildman–Crippen MR) is 63.2 cm³/mol. The van der Waals surface area contributed by atoms with Gasteiger partial charge in [-0.2, -0.15) is 4.58 Å². The van der Waals surface area contributed by atoms with E-state index in [1.807, 2.05) is 0 Å². The summed E-state index contributed by atoms with van der Waals surface area (Å²) < 4.78 is 4.64. The molecule has 0 amide bonds. The third-order valence-corrected chi connectivity index (χ3v) is 3.76. The molecule has 0 saturated heterocycles. The smallest absolute Gasteiger partial charge is 0.228 e. The maximum absolute atomic E-state index is 2.36. The minimum atomic E-state index is 0.953. The number of rotatable bonds is 1. The molecule has 0 fully saturated rings. The van der Waals surface area contributed by atoms with Crippen molar-refractivity contribution in [2.45, 2.75) is 13.6 Å². The van der Waals surface area contributed by atoms with Gasteiger partial charge >= 0.3 is 0 Å². The van der Waals surface area contributed by atoms with Crippen molar-refractivity contribution < 1.29 is 4.58 Å². The minimum Gasteiger partial charge on any atom is -0.279 e. The van der Waals surface area contributed by atoms with Crippen molar-refractivity contribution in [2.24, 2.45) is 0 Å². The van der Waals surface area contributed by atoms with Gasteiger partial charge < -0.3 is 0 Å². The van der Waals surface area contributed by atoms with Gasteiger partial charge in [-0.15, -0.1) is 0 Å². The van der Waals surface area contributed by atoms with E-state index in [4.69, 9.17) is 0 Å². The molecule has 74 valence electrons. The predicted octanol–water partition coefficient (Wildman–Crippen LogP) is 3.11. The Bertz CT molecular complexity index is 526. The average molecular weight is 215 g/mol. The van der Waals surface area contributed by atoms with Gasteiger partial charge in [-0.1, -0.05) is 26.4 Å². The van der Waals surface area contributed by atoms with Crippen LogP contribution in [0.25, 0.3) is 0 Å². The van der Waals surface area contributed by atoms with Crippen LogP contribution in [0.5, 0.6) is 0 Å². The van der Waals surface area contributed by atoms with Crippen LogP contribution in [-0.4, -0.2) is 15.4 Å². The van der Waals surface area contributed by atoms with E-state index in [2.05, 4.69) is 58.4 Å². The topological polar surface area (TPSA) is 7.94 Å². The molecule has 0 aliphatic carbocycles. The number of hydrogen-bond acceptors (Lipinski definition) is 0. The largest absolute Gasteiger partial charge is 0.279 e. The Balaban J connectivity index is 2.01. The number of aryl methyl sites for hydroxylation is 1. The van der Waals surface area contributed by atoms with Crippen molar-refractivity contribution in [2.75, 3.05) is 0 Å².